The summed E-state index contributed by atoms with van der Waals surface area (Å²) >= 11 is 1.98. The molecule has 2 heterocycles. The van der Waals surface area contributed by atoms with Gasteiger partial charge in [0.2, 0.25) is 11.8 Å². The molecular weight excluding hydrogens is 844 g/mol. The molecule has 0 spiro atoms. The van der Waals surface area contributed by atoms with E-state index in [1.54, 1.807) is 24.3 Å². The monoisotopic (exact) mass is 891 g/mol. The second kappa shape index (κ2) is 20.6. The zero-order valence-corrected chi connectivity index (χ0v) is 33.5. The van der Waals surface area contributed by atoms with E-state index >= 15 is 4.39 Å². The van der Waals surface area contributed by atoms with E-state index in [1.165, 1.54) is 45.9 Å². The van der Waals surface area contributed by atoms with Gasteiger partial charge in [0.25, 0.3) is 11.1 Å². The van der Waals surface area contributed by atoms with E-state index in [2.05, 4.69) is 16.0 Å². The van der Waals surface area contributed by atoms with Gasteiger partial charge >= 0.3 is 5.69 Å². The summed E-state index contributed by atoms with van der Waals surface area (Å²) in [5, 5.41) is 8.38. The molecule has 0 atom stereocenters. The van der Waals surface area contributed by atoms with Gasteiger partial charge in [-0.1, -0.05) is 6.07 Å². The third-order valence-corrected chi connectivity index (χ3v) is 9.49. The highest BCUT2D eigenvalue weighted by molar-refractivity contribution is 14.1. The molecule has 16 nitrogen and oxygen atoms in total. The Morgan fingerprint density at radius 2 is 1.57 bits per heavy atom. The van der Waals surface area contributed by atoms with Crippen LogP contribution in [0.4, 0.5) is 21.6 Å². The Bertz CT molecular complexity index is 2200. The molecule has 1 fully saturated rings. The maximum absolute atomic E-state index is 15.0. The van der Waals surface area contributed by atoms with Crippen LogP contribution in [0.5, 0.6) is 0 Å². The number of nitrogens with two attached hydrogens (primary N) is 1. The summed E-state index contributed by atoms with van der Waals surface area (Å²) in [6, 6.07) is 10.5. The third-order valence-electron chi connectivity index (χ3n) is 8.82. The van der Waals surface area contributed by atoms with Crippen LogP contribution in [0, 0.1) is 16.3 Å². The molecule has 0 bridgehead atoms. The SMILES string of the molecule is Cc1c(=O)n(C)c(Nc2ccc(I)cc2F)c2c(=O)n(C3CC3)c(=O)n(-c3cccc(NC(=O)COCC(=O)NCCCOCCOCCOCCCN)c3)c12. The fourth-order valence-electron chi connectivity index (χ4n) is 5.91. The Kier molecular flexibility index (Phi) is 15.7. The van der Waals surface area contributed by atoms with Gasteiger partial charge in [0.1, 0.15) is 30.2 Å². The summed E-state index contributed by atoms with van der Waals surface area (Å²) in [7, 11) is 1.47. The number of anilines is 3. The van der Waals surface area contributed by atoms with Crippen molar-refractivity contribution in [1.29, 1.82) is 0 Å². The minimum Gasteiger partial charge on any atom is -0.379 e. The zero-order chi connectivity index (χ0) is 40.2. The van der Waals surface area contributed by atoms with Gasteiger partial charge in [-0.05, 0) is 98.1 Å². The van der Waals surface area contributed by atoms with Crippen molar-refractivity contribution in [3.63, 3.8) is 0 Å². The maximum Gasteiger partial charge on any atom is 0.336 e. The summed E-state index contributed by atoms with van der Waals surface area (Å²) < 4.78 is 40.9. The molecule has 4 aromatic rings. The predicted octanol–water partition coefficient (Wildman–Crippen LogP) is 2.84. The molecule has 56 heavy (non-hydrogen) atoms. The Labute approximate surface area is 335 Å². The average Bonchev–Trinajstić information content (AvgIpc) is 4.00. The number of aromatic nitrogens is 3. The van der Waals surface area contributed by atoms with Gasteiger partial charge in [0.15, 0.2) is 0 Å². The van der Waals surface area contributed by atoms with E-state index in [1.807, 2.05) is 22.6 Å². The van der Waals surface area contributed by atoms with E-state index in [9.17, 15) is 24.0 Å². The number of halogens is 2. The molecule has 1 aliphatic rings. The summed E-state index contributed by atoms with van der Waals surface area (Å²) in [5.74, 6) is -1.50. The van der Waals surface area contributed by atoms with Crippen molar-refractivity contribution in [1.82, 2.24) is 19.0 Å². The topological polar surface area (TPSA) is 199 Å². The van der Waals surface area contributed by atoms with Crippen LogP contribution >= 0.6 is 22.6 Å². The first-order valence-electron chi connectivity index (χ1n) is 18.3. The largest absolute Gasteiger partial charge is 0.379 e. The molecule has 0 radical (unpaired) electrons. The second-order valence-corrected chi connectivity index (χ2v) is 14.4. The highest BCUT2D eigenvalue weighted by atomic mass is 127. The molecule has 302 valence electrons. The van der Waals surface area contributed by atoms with Crippen molar-refractivity contribution in [2.24, 2.45) is 12.8 Å². The molecule has 0 unspecified atom stereocenters. The number of nitrogens with zero attached hydrogens (tertiary/aromatic N) is 3. The number of fused-ring (bicyclic) bond motifs is 1. The van der Waals surface area contributed by atoms with Gasteiger partial charge in [-0.15, -0.1) is 0 Å². The number of hydrogen-bond acceptors (Lipinski definition) is 11. The summed E-state index contributed by atoms with van der Waals surface area (Å²) in [6.07, 6.45) is 2.63. The molecule has 2 aromatic heterocycles. The van der Waals surface area contributed by atoms with Crippen LogP contribution < -0.4 is 38.5 Å². The van der Waals surface area contributed by atoms with Crippen molar-refractivity contribution in [3.8, 4) is 5.69 Å². The average molecular weight is 892 g/mol. The Morgan fingerprint density at radius 3 is 2.25 bits per heavy atom. The molecule has 0 saturated heterocycles. The van der Waals surface area contributed by atoms with Gasteiger partial charge in [-0.2, -0.15) is 0 Å². The maximum atomic E-state index is 15.0. The van der Waals surface area contributed by atoms with E-state index in [-0.39, 0.29) is 46.3 Å². The summed E-state index contributed by atoms with van der Waals surface area (Å²) in [5.41, 5.74) is 4.45. The minimum atomic E-state index is -0.651. The van der Waals surface area contributed by atoms with Crippen LogP contribution in [0.1, 0.15) is 37.3 Å². The summed E-state index contributed by atoms with van der Waals surface area (Å²) in [6.45, 7) is 4.62. The van der Waals surface area contributed by atoms with Crippen LogP contribution in [-0.4, -0.2) is 91.5 Å². The first-order chi connectivity index (χ1) is 27.0. The quantitative estimate of drug-likeness (QED) is 0.0669. The van der Waals surface area contributed by atoms with Crippen molar-refractivity contribution >= 4 is 62.5 Å². The highest BCUT2D eigenvalue weighted by Crippen LogP contribution is 2.34. The van der Waals surface area contributed by atoms with Crippen LogP contribution in [0.25, 0.3) is 16.6 Å². The smallest absolute Gasteiger partial charge is 0.336 e. The number of rotatable bonds is 22. The van der Waals surface area contributed by atoms with Gasteiger partial charge < -0.3 is 40.6 Å². The lowest BCUT2D eigenvalue weighted by Gasteiger charge is -2.21. The first kappa shape index (κ1) is 42.7. The summed E-state index contributed by atoms with van der Waals surface area (Å²) in [4.78, 5) is 66.8. The van der Waals surface area contributed by atoms with Gasteiger partial charge in [0.05, 0.1) is 43.3 Å². The van der Waals surface area contributed by atoms with Crippen molar-refractivity contribution in [2.75, 3.05) is 76.6 Å². The number of aryl methyl sites for hydroxylation is 1. The third kappa shape index (κ3) is 11.1. The number of carbonyl (C=O) groups excluding carboxylic acids is 2. The molecule has 5 rings (SSSR count). The Morgan fingerprint density at radius 1 is 0.893 bits per heavy atom. The lowest BCUT2D eigenvalue weighted by molar-refractivity contribution is -0.128. The van der Waals surface area contributed by atoms with Crippen molar-refractivity contribution < 1.29 is 32.9 Å². The van der Waals surface area contributed by atoms with Crippen molar-refractivity contribution in [2.45, 2.75) is 38.6 Å². The number of pyridine rings is 1. The number of nitrogens with one attached hydrogen (secondary N) is 3. The molecule has 2 aromatic carbocycles. The fraction of sp³-hybridized carbons (Fsp3) is 0.447. The normalized spacial score (nSPS) is 12.6. The van der Waals surface area contributed by atoms with Crippen LogP contribution in [0.15, 0.2) is 56.8 Å². The molecule has 2 amide bonds. The van der Waals surface area contributed by atoms with Gasteiger partial charge in [-0.25, -0.2) is 9.18 Å². The molecule has 0 aliphatic heterocycles. The lowest BCUT2D eigenvalue weighted by Crippen LogP contribution is -2.41. The Hall–Kier alpha value is -4.47. The van der Waals surface area contributed by atoms with Crippen LogP contribution in [-0.2, 0) is 35.6 Å². The molecular formula is C38H47FIN7O9. The first-order valence-corrected chi connectivity index (χ1v) is 19.4. The van der Waals surface area contributed by atoms with Gasteiger partial charge in [0, 0.05) is 47.7 Å². The minimum absolute atomic E-state index is 0.0283. The number of hydrogen-bond donors (Lipinski definition) is 4. The van der Waals surface area contributed by atoms with Crippen molar-refractivity contribution in [3.05, 3.63) is 88.6 Å². The van der Waals surface area contributed by atoms with Gasteiger partial charge in [-0.3, -0.25) is 32.9 Å². The van der Waals surface area contributed by atoms with E-state index in [0.717, 1.165) is 6.42 Å². The predicted molar refractivity (Wildman–Crippen MR) is 218 cm³/mol. The zero-order valence-electron chi connectivity index (χ0n) is 31.4. The van der Waals surface area contributed by atoms with E-state index < -0.39 is 41.0 Å². The number of benzene rings is 2. The molecule has 1 aliphatic carbocycles. The van der Waals surface area contributed by atoms with Crippen LogP contribution in [0.2, 0.25) is 0 Å². The Balaban J connectivity index is 1.21. The second-order valence-electron chi connectivity index (χ2n) is 13.1. The number of ether oxygens (including phenoxy) is 4. The molecule has 5 N–H and O–H groups in total. The number of carbonyl (C=O) groups is 2. The number of amides is 2. The fourth-order valence-corrected chi connectivity index (χ4v) is 6.36. The van der Waals surface area contributed by atoms with E-state index in [4.69, 9.17) is 24.7 Å². The van der Waals surface area contributed by atoms with E-state index in [0.29, 0.717) is 81.3 Å². The standard InChI is InChI=1S/C38H47FIN7O9/c1-24-34-33(35(45(2)36(24)50)44-30-11-8-25(40)20-29(30)39)37(51)47(27-9-10-27)38(52)46(34)28-7-3-6-26(21-28)43-32(49)23-56-22-31(48)42-13-5-15-54-17-19-55-18-16-53-14-4-12-41/h3,6-8,11,20-21,27,44H,4-5,9-10,12-19,22-23,41H2,1-2H3,(H,42,48)(H,43,49). The molecule has 1 saturated carbocycles. The lowest BCUT2D eigenvalue weighted by atomic mass is 10.1. The highest BCUT2D eigenvalue weighted by Gasteiger charge is 2.31. The van der Waals surface area contributed by atoms with Crippen LogP contribution in [0.3, 0.4) is 0 Å². The molecule has 18 heteroatoms.